The molecule has 0 radical (unpaired) electrons. The number of halogens is 1. The number of thioether (sulfide) groups is 1. The van der Waals surface area contributed by atoms with E-state index in [9.17, 15) is 9.18 Å². The summed E-state index contributed by atoms with van der Waals surface area (Å²) >= 11 is 6.75. The van der Waals surface area contributed by atoms with Crippen molar-refractivity contribution < 1.29 is 13.9 Å². The monoisotopic (exact) mass is 435 g/mol. The quantitative estimate of drug-likeness (QED) is 0.357. The minimum absolute atomic E-state index is 0.146. The SMILES string of the molecule is Cc1ccccc1N1C(=O)C(=Cc2ccccc2OCc2ccc(F)cc2)SC1=S. The van der Waals surface area contributed by atoms with Gasteiger partial charge in [-0.25, -0.2) is 4.39 Å². The van der Waals surface area contributed by atoms with E-state index in [1.165, 1.54) is 23.9 Å². The first-order valence-corrected chi connectivity index (χ1v) is 10.6. The van der Waals surface area contributed by atoms with Crippen LogP contribution < -0.4 is 9.64 Å². The first-order chi connectivity index (χ1) is 14.5. The number of para-hydroxylation sites is 2. The molecule has 4 rings (SSSR count). The lowest BCUT2D eigenvalue weighted by atomic mass is 10.1. The molecule has 3 nitrogen and oxygen atoms in total. The van der Waals surface area contributed by atoms with Crippen molar-refractivity contribution in [3.63, 3.8) is 0 Å². The van der Waals surface area contributed by atoms with Gasteiger partial charge in [0.2, 0.25) is 0 Å². The molecule has 6 heteroatoms. The molecule has 1 fully saturated rings. The molecule has 1 aliphatic rings. The van der Waals surface area contributed by atoms with Crippen molar-refractivity contribution in [2.45, 2.75) is 13.5 Å². The van der Waals surface area contributed by atoms with E-state index >= 15 is 0 Å². The molecule has 1 heterocycles. The average Bonchev–Trinajstić information content (AvgIpc) is 3.02. The maximum Gasteiger partial charge on any atom is 0.270 e. The number of nitrogens with zero attached hydrogens (tertiary/aromatic N) is 1. The van der Waals surface area contributed by atoms with Gasteiger partial charge in [-0.3, -0.25) is 9.69 Å². The van der Waals surface area contributed by atoms with Crippen LogP contribution in [0.15, 0.2) is 77.7 Å². The van der Waals surface area contributed by atoms with Crippen LogP contribution in [0.5, 0.6) is 5.75 Å². The van der Waals surface area contributed by atoms with Crippen molar-refractivity contribution in [2.75, 3.05) is 4.90 Å². The fourth-order valence-corrected chi connectivity index (χ4v) is 4.38. The molecule has 0 saturated carbocycles. The van der Waals surface area contributed by atoms with E-state index < -0.39 is 0 Å². The van der Waals surface area contributed by atoms with Crippen molar-refractivity contribution in [1.82, 2.24) is 0 Å². The van der Waals surface area contributed by atoms with Crippen LogP contribution in [0.2, 0.25) is 0 Å². The highest BCUT2D eigenvalue weighted by atomic mass is 32.2. The topological polar surface area (TPSA) is 29.5 Å². The van der Waals surface area contributed by atoms with Crippen molar-refractivity contribution in [2.24, 2.45) is 0 Å². The van der Waals surface area contributed by atoms with Crippen LogP contribution in [0.4, 0.5) is 10.1 Å². The summed E-state index contributed by atoms with van der Waals surface area (Å²) in [6.45, 7) is 2.26. The summed E-state index contributed by atoms with van der Waals surface area (Å²) in [6, 6.07) is 21.3. The highest BCUT2D eigenvalue weighted by molar-refractivity contribution is 8.27. The molecule has 30 heavy (non-hydrogen) atoms. The maximum absolute atomic E-state index is 13.1. The predicted molar refractivity (Wildman–Crippen MR) is 124 cm³/mol. The summed E-state index contributed by atoms with van der Waals surface area (Å²) in [7, 11) is 0. The molecule has 0 atom stereocenters. The van der Waals surface area contributed by atoms with Crippen molar-refractivity contribution in [3.8, 4) is 5.75 Å². The first kappa shape index (κ1) is 20.3. The van der Waals surface area contributed by atoms with Crippen LogP contribution >= 0.6 is 24.0 Å². The van der Waals surface area contributed by atoms with Gasteiger partial charge in [-0.1, -0.05) is 72.5 Å². The normalized spacial score (nSPS) is 15.1. The summed E-state index contributed by atoms with van der Waals surface area (Å²) in [5.74, 6) is 0.213. The second-order valence-electron chi connectivity index (χ2n) is 6.76. The zero-order valence-electron chi connectivity index (χ0n) is 16.2. The maximum atomic E-state index is 13.1. The first-order valence-electron chi connectivity index (χ1n) is 9.33. The Morgan fingerprint density at radius 3 is 2.50 bits per heavy atom. The molecular weight excluding hydrogens is 417 g/mol. The summed E-state index contributed by atoms with van der Waals surface area (Å²) in [4.78, 5) is 15.2. The van der Waals surface area contributed by atoms with Gasteiger partial charge in [0.05, 0.1) is 10.6 Å². The van der Waals surface area contributed by atoms with Crippen molar-refractivity contribution in [1.29, 1.82) is 0 Å². The lowest BCUT2D eigenvalue weighted by Gasteiger charge is -2.16. The van der Waals surface area contributed by atoms with Crippen LogP contribution in [0.25, 0.3) is 6.08 Å². The Bertz CT molecular complexity index is 1140. The number of rotatable bonds is 5. The van der Waals surface area contributed by atoms with Crippen LogP contribution in [0.1, 0.15) is 16.7 Å². The molecule has 3 aromatic rings. The van der Waals surface area contributed by atoms with E-state index in [2.05, 4.69) is 0 Å². The smallest absolute Gasteiger partial charge is 0.270 e. The zero-order valence-corrected chi connectivity index (χ0v) is 17.8. The number of anilines is 1. The minimum atomic E-state index is -0.283. The standard InChI is InChI=1S/C24H18FNO2S2/c1-16-6-2-4-8-20(16)26-23(27)22(30-24(26)29)14-18-7-3-5-9-21(18)28-15-17-10-12-19(25)13-11-17/h2-14H,15H2,1H3. The van der Waals surface area contributed by atoms with Gasteiger partial charge in [-0.2, -0.15) is 0 Å². The Labute approximate surface area is 184 Å². The highest BCUT2D eigenvalue weighted by Gasteiger charge is 2.34. The number of hydrogen-bond donors (Lipinski definition) is 0. The molecule has 0 aliphatic carbocycles. The van der Waals surface area contributed by atoms with Gasteiger partial charge < -0.3 is 4.74 Å². The molecule has 1 aliphatic heterocycles. The van der Waals surface area contributed by atoms with Gasteiger partial charge in [0.15, 0.2) is 4.32 Å². The van der Waals surface area contributed by atoms with E-state index in [-0.39, 0.29) is 11.7 Å². The predicted octanol–water partition coefficient (Wildman–Crippen LogP) is 6.12. The largest absolute Gasteiger partial charge is 0.488 e. The van der Waals surface area contributed by atoms with Gasteiger partial charge in [-0.15, -0.1) is 0 Å². The third-order valence-corrected chi connectivity index (χ3v) is 5.97. The number of carbonyl (C=O) groups is 1. The fourth-order valence-electron chi connectivity index (χ4n) is 3.10. The van der Waals surface area contributed by atoms with Gasteiger partial charge in [0.25, 0.3) is 5.91 Å². The molecular formula is C24H18FNO2S2. The molecule has 1 amide bonds. The molecule has 0 unspecified atom stereocenters. The Balaban J connectivity index is 1.58. The highest BCUT2D eigenvalue weighted by Crippen LogP contribution is 2.38. The van der Waals surface area contributed by atoms with Gasteiger partial charge >= 0.3 is 0 Å². The second kappa shape index (κ2) is 8.81. The minimum Gasteiger partial charge on any atom is -0.488 e. The Kier molecular flexibility index (Phi) is 5.97. The number of thiocarbonyl (C=S) groups is 1. The van der Waals surface area contributed by atoms with Crippen LogP contribution in [-0.2, 0) is 11.4 Å². The van der Waals surface area contributed by atoms with Gasteiger partial charge in [0, 0.05) is 5.56 Å². The van der Waals surface area contributed by atoms with Crippen LogP contribution in [0.3, 0.4) is 0 Å². The van der Waals surface area contributed by atoms with E-state index in [1.807, 2.05) is 55.5 Å². The average molecular weight is 436 g/mol. The third kappa shape index (κ3) is 4.30. The van der Waals surface area contributed by atoms with E-state index in [0.29, 0.717) is 21.6 Å². The third-order valence-electron chi connectivity index (χ3n) is 4.66. The summed E-state index contributed by atoms with van der Waals surface area (Å²) in [5, 5.41) is 0. The lowest BCUT2D eigenvalue weighted by molar-refractivity contribution is -0.113. The second-order valence-corrected chi connectivity index (χ2v) is 8.43. The Hall–Kier alpha value is -2.96. The molecule has 0 bridgehead atoms. The van der Waals surface area contributed by atoms with Crippen molar-refractivity contribution in [3.05, 3.63) is 100 Å². The van der Waals surface area contributed by atoms with E-state index in [0.717, 1.165) is 22.4 Å². The van der Waals surface area contributed by atoms with Crippen LogP contribution in [-0.4, -0.2) is 10.2 Å². The number of ether oxygens (including phenoxy) is 1. The molecule has 0 N–H and O–H groups in total. The number of hydrogen-bond acceptors (Lipinski definition) is 4. The molecule has 1 saturated heterocycles. The van der Waals surface area contributed by atoms with Crippen molar-refractivity contribution >= 4 is 46.0 Å². The number of benzene rings is 3. The number of carbonyl (C=O) groups excluding carboxylic acids is 1. The van der Waals surface area contributed by atoms with E-state index in [1.54, 1.807) is 23.1 Å². The molecule has 150 valence electrons. The summed E-state index contributed by atoms with van der Waals surface area (Å²) in [6.07, 6.45) is 1.80. The molecule has 0 aromatic heterocycles. The van der Waals surface area contributed by atoms with Crippen LogP contribution in [0, 0.1) is 12.7 Å². The van der Waals surface area contributed by atoms with Gasteiger partial charge in [0.1, 0.15) is 18.2 Å². The summed E-state index contributed by atoms with van der Waals surface area (Å²) in [5.41, 5.74) is 3.42. The number of amides is 1. The zero-order chi connectivity index (χ0) is 21.1. The molecule has 3 aromatic carbocycles. The molecule has 0 spiro atoms. The fraction of sp³-hybridized carbons (Fsp3) is 0.0833. The Morgan fingerprint density at radius 2 is 1.73 bits per heavy atom. The Morgan fingerprint density at radius 1 is 1.03 bits per heavy atom. The summed E-state index contributed by atoms with van der Waals surface area (Å²) < 4.78 is 19.5. The van der Waals surface area contributed by atoms with Gasteiger partial charge in [-0.05, 0) is 48.4 Å². The van der Waals surface area contributed by atoms with E-state index in [4.69, 9.17) is 17.0 Å². The number of aryl methyl sites for hydroxylation is 1. The lowest BCUT2D eigenvalue weighted by Crippen LogP contribution is -2.28.